The van der Waals surface area contributed by atoms with E-state index in [-0.39, 0.29) is 12.3 Å². The molecular formula is C12H17N5O3. The van der Waals surface area contributed by atoms with Crippen LogP contribution in [0.3, 0.4) is 0 Å². The van der Waals surface area contributed by atoms with Crippen LogP contribution < -0.4 is 0 Å². The van der Waals surface area contributed by atoms with Crippen LogP contribution in [0.5, 0.6) is 0 Å². The molecule has 2 heterocycles. The van der Waals surface area contributed by atoms with Gasteiger partial charge in [-0.25, -0.2) is 9.48 Å². The number of aliphatic hydroxyl groups is 1. The van der Waals surface area contributed by atoms with Gasteiger partial charge in [0.15, 0.2) is 5.69 Å². The van der Waals surface area contributed by atoms with Crippen molar-refractivity contribution >= 4 is 5.97 Å². The summed E-state index contributed by atoms with van der Waals surface area (Å²) in [6.45, 7) is 3.26. The van der Waals surface area contributed by atoms with Gasteiger partial charge < -0.3 is 10.2 Å². The number of unbranched alkanes of at least 4 members (excludes halogenated alkanes) is 1. The number of aliphatic hydroxyl groups excluding tert-OH is 1. The number of aromatic nitrogens is 5. The van der Waals surface area contributed by atoms with E-state index >= 15 is 0 Å². The van der Waals surface area contributed by atoms with E-state index in [1.165, 1.54) is 0 Å². The molecule has 0 aromatic carbocycles. The van der Waals surface area contributed by atoms with E-state index in [4.69, 9.17) is 5.11 Å². The highest BCUT2D eigenvalue weighted by Crippen LogP contribution is 2.22. The Hall–Kier alpha value is -2.22. The molecule has 8 heteroatoms. The second kappa shape index (κ2) is 6.29. The molecule has 0 bridgehead atoms. The van der Waals surface area contributed by atoms with Gasteiger partial charge in [-0.3, -0.25) is 4.68 Å². The number of rotatable bonds is 7. The van der Waals surface area contributed by atoms with Crippen LogP contribution in [-0.2, 0) is 13.1 Å². The molecule has 0 radical (unpaired) electrons. The maximum atomic E-state index is 11.2. The Labute approximate surface area is 115 Å². The maximum Gasteiger partial charge on any atom is 0.358 e. The Bertz CT molecular complexity index is 590. The van der Waals surface area contributed by atoms with Crippen LogP contribution in [0.25, 0.3) is 11.3 Å². The van der Waals surface area contributed by atoms with Gasteiger partial charge in [-0.05, 0) is 19.8 Å². The minimum absolute atomic E-state index is 0.0790. The molecule has 2 rings (SSSR count). The molecule has 0 unspecified atom stereocenters. The third kappa shape index (κ3) is 2.85. The number of aryl methyl sites for hydroxylation is 2. The van der Waals surface area contributed by atoms with E-state index in [0.717, 1.165) is 0 Å². The van der Waals surface area contributed by atoms with E-state index in [2.05, 4.69) is 15.4 Å². The molecular weight excluding hydrogens is 262 g/mol. The zero-order chi connectivity index (χ0) is 14.5. The average molecular weight is 279 g/mol. The van der Waals surface area contributed by atoms with Crippen molar-refractivity contribution in [1.29, 1.82) is 0 Å². The van der Waals surface area contributed by atoms with E-state index in [1.54, 1.807) is 21.8 Å². The van der Waals surface area contributed by atoms with Crippen molar-refractivity contribution in [2.75, 3.05) is 6.61 Å². The molecule has 108 valence electrons. The summed E-state index contributed by atoms with van der Waals surface area (Å²) in [5, 5.41) is 29.8. The predicted octanol–water partition coefficient (Wildman–Crippen LogP) is 0.632. The first-order valence-electron chi connectivity index (χ1n) is 6.47. The number of carboxylic acid groups (broad SMARTS) is 1. The molecule has 0 aliphatic carbocycles. The molecule has 0 fully saturated rings. The van der Waals surface area contributed by atoms with Gasteiger partial charge in [0.05, 0.1) is 6.20 Å². The third-order valence-electron chi connectivity index (χ3n) is 2.95. The number of carbonyl (C=O) groups is 1. The predicted molar refractivity (Wildman–Crippen MR) is 70.2 cm³/mol. The molecule has 0 spiro atoms. The molecule has 0 amide bonds. The van der Waals surface area contributed by atoms with Crippen LogP contribution >= 0.6 is 0 Å². The minimum Gasteiger partial charge on any atom is -0.476 e. The van der Waals surface area contributed by atoms with Crippen LogP contribution in [0.15, 0.2) is 12.4 Å². The van der Waals surface area contributed by atoms with E-state index in [0.29, 0.717) is 37.2 Å². The highest BCUT2D eigenvalue weighted by molar-refractivity contribution is 5.92. The van der Waals surface area contributed by atoms with Gasteiger partial charge in [-0.2, -0.15) is 5.10 Å². The lowest BCUT2D eigenvalue weighted by molar-refractivity contribution is 0.0691. The maximum absolute atomic E-state index is 11.2. The fourth-order valence-corrected chi connectivity index (χ4v) is 1.93. The zero-order valence-corrected chi connectivity index (χ0v) is 11.2. The standard InChI is InChI=1S/C12H17N5O3/c1-2-16-8-9(7-13-16)11-10(12(19)20)14-15-17(11)5-3-4-6-18/h7-8,18H,2-6H2,1H3,(H,19,20). The molecule has 0 saturated carbocycles. The second-order valence-electron chi connectivity index (χ2n) is 4.33. The number of aromatic carboxylic acids is 1. The van der Waals surface area contributed by atoms with Gasteiger partial charge in [0, 0.05) is 31.5 Å². The van der Waals surface area contributed by atoms with Crippen molar-refractivity contribution < 1.29 is 15.0 Å². The van der Waals surface area contributed by atoms with Crippen molar-refractivity contribution in [2.45, 2.75) is 32.9 Å². The lowest BCUT2D eigenvalue weighted by Gasteiger charge is -2.04. The van der Waals surface area contributed by atoms with Gasteiger partial charge in [0.25, 0.3) is 0 Å². The summed E-state index contributed by atoms with van der Waals surface area (Å²) in [5.41, 5.74) is 1.05. The van der Waals surface area contributed by atoms with Crippen molar-refractivity contribution in [3.05, 3.63) is 18.1 Å². The third-order valence-corrected chi connectivity index (χ3v) is 2.95. The molecule has 0 aliphatic heterocycles. The Morgan fingerprint density at radius 1 is 1.40 bits per heavy atom. The quantitative estimate of drug-likeness (QED) is 0.720. The number of nitrogens with zero attached hydrogens (tertiary/aromatic N) is 5. The summed E-state index contributed by atoms with van der Waals surface area (Å²) in [4.78, 5) is 11.2. The monoisotopic (exact) mass is 279 g/mol. The largest absolute Gasteiger partial charge is 0.476 e. The number of hydrogen-bond acceptors (Lipinski definition) is 5. The van der Waals surface area contributed by atoms with Crippen molar-refractivity contribution in [2.24, 2.45) is 0 Å². The first-order chi connectivity index (χ1) is 9.67. The van der Waals surface area contributed by atoms with Crippen molar-refractivity contribution in [1.82, 2.24) is 24.8 Å². The normalized spacial score (nSPS) is 10.9. The summed E-state index contributed by atoms with van der Waals surface area (Å²) in [6, 6.07) is 0. The Morgan fingerprint density at radius 3 is 2.80 bits per heavy atom. The Morgan fingerprint density at radius 2 is 2.20 bits per heavy atom. The van der Waals surface area contributed by atoms with Gasteiger partial charge in [0.2, 0.25) is 0 Å². The topological polar surface area (TPSA) is 106 Å². The molecule has 0 atom stereocenters. The second-order valence-corrected chi connectivity index (χ2v) is 4.33. The lowest BCUT2D eigenvalue weighted by atomic mass is 10.2. The fraction of sp³-hybridized carbons (Fsp3) is 0.500. The summed E-state index contributed by atoms with van der Waals surface area (Å²) >= 11 is 0. The van der Waals surface area contributed by atoms with Gasteiger partial charge in [-0.15, -0.1) is 5.10 Å². The molecule has 20 heavy (non-hydrogen) atoms. The summed E-state index contributed by atoms with van der Waals surface area (Å²) in [6.07, 6.45) is 4.72. The Balaban J connectivity index is 2.36. The van der Waals surface area contributed by atoms with Crippen LogP contribution in [0, 0.1) is 0 Å². The lowest BCUT2D eigenvalue weighted by Crippen LogP contribution is -2.05. The summed E-state index contributed by atoms with van der Waals surface area (Å²) < 4.78 is 3.27. The summed E-state index contributed by atoms with van der Waals surface area (Å²) in [5.74, 6) is -1.11. The highest BCUT2D eigenvalue weighted by Gasteiger charge is 2.21. The molecule has 2 aromatic rings. The van der Waals surface area contributed by atoms with Crippen LogP contribution in [0.1, 0.15) is 30.3 Å². The van der Waals surface area contributed by atoms with Gasteiger partial charge in [-0.1, -0.05) is 5.21 Å². The molecule has 0 aliphatic rings. The van der Waals surface area contributed by atoms with Crippen molar-refractivity contribution in [3.63, 3.8) is 0 Å². The first kappa shape index (κ1) is 14.2. The number of hydrogen-bond donors (Lipinski definition) is 2. The first-order valence-corrected chi connectivity index (χ1v) is 6.47. The minimum atomic E-state index is -1.11. The van der Waals surface area contributed by atoms with Crippen molar-refractivity contribution in [3.8, 4) is 11.3 Å². The van der Waals surface area contributed by atoms with Crippen LogP contribution in [-0.4, -0.2) is 47.6 Å². The van der Waals surface area contributed by atoms with E-state index in [9.17, 15) is 9.90 Å². The molecule has 8 nitrogen and oxygen atoms in total. The van der Waals surface area contributed by atoms with Gasteiger partial charge >= 0.3 is 5.97 Å². The molecule has 2 N–H and O–H groups in total. The Kier molecular flexibility index (Phi) is 4.46. The average Bonchev–Trinajstić information content (AvgIpc) is 3.04. The fourth-order valence-electron chi connectivity index (χ4n) is 1.93. The zero-order valence-electron chi connectivity index (χ0n) is 11.2. The summed E-state index contributed by atoms with van der Waals surface area (Å²) in [7, 11) is 0. The molecule has 0 saturated heterocycles. The SMILES string of the molecule is CCn1cc(-c2c(C(=O)O)nnn2CCCCO)cn1. The van der Waals surface area contributed by atoms with E-state index in [1.807, 2.05) is 6.92 Å². The van der Waals surface area contributed by atoms with Crippen LogP contribution in [0.4, 0.5) is 0 Å². The smallest absolute Gasteiger partial charge is 0.358 e. The highest BCUT2D eigenvalue weighted by atomic mass is 16.4. The van der Waals surface area contributed by atoms with E-state index < -0.39 is 5.97 Å². The molecule has 2 aromatic heterocycles. The van der Waals surface area contributed by atoms with Crippen LogP contribution in [0.2, 0.25) is 0 Å². The van der Waals surface area contributed by atoms with Gasteiger partial charge in [0.1, 0.15) is 5.69 Å². The number of carboxylic acids is 1.